The van der Waals surface area contributed by atoms with E-state index < -0.39 is 0 Å². The Hall–Kier alpha value is -2.81. The number of benzene rings is 3. The lowest BCUT2D eigenvalue weighted by atomic mass is 9.79. The molecule has 0 aromatic heterocycles. The molecule has 146 valence electrons. The SMILES string of the molecule is CC(C)(C)c1cc(N=Cc2c(O)ccc3ccccc23)cc(C(C)(C)C)c1O. The number of aromatic hydroxyl groups is 2. The van der Waals surface area contributed by atoms with Gasteiger partial charge in [0.05, 0.1) is 5.69 Å². The maximum absolute atomic E-state index is 10.9. The molecule has 3 aromatic carbocycles. The Morgan fingerprint density at radius 1 is 0.786 bits per heavy atom. The zero-order chi connectivity index (χ0) is 20.7. The van der Waals surface area contributed by atoms with Crippen molar-refractivity contribution < 1.29 is 10.2 Å². The number of phenolic OH excluding ortho intramolecular Hbond substituents is 2. The van der Waals surface area contributed by atoms with Gasteiger partial charge in [0.25, 0.3) is 0 Å². The number of fused-ring (bicyclic) bond motifs is 1. The molecule has 3 nitrogen and oxygen atoms in total. The minimum absolute atomic E-state index is 0.202. The summed E-state index contributed by atoms with van der Waals surface area (Å²) < 4.78 is 0. The number of phenols is 2. The van der Waals surface area contributed by atoms with Gasteiger partial charge >= 0.3 is 0 Å². The maximum atomic E-state index is 10.9. The van der Waals surface area contributed by atoms with E-state index in [4.69, 9.17) is 0 Å². The molecule has 0 unspecified atom stereocenters. The van der Waals surface area contributed by atoms with Gasteiger partial charge in [-0.3, -0.25) is 4.99 Å². The number of hydrogen-bond donors (Lipinski definition) is 2. The largest absolute Gasteiger partial charge is 0.507 e. The van der Waals surface area contributed by atoms with Crippen LogP contribution < -0.4 is 0 Å². The van der Waals surface area contributed by atoms with E-state index in [9.17, 15) is 10.2 Å². The van der Waals surface area contributed by atoms with E-state index in [1.54, 1.807) is 12.3 Å². The monoisotopic (exact) mass is 375 g/mol. The lowest BCUT2D eigenvalue weighted by Gasteiger charge is -2.27. The van der Waals surface area contributed by atoms with Gasteiger partial charge in [0.2, 0.25) is 0 Å². The quantitative estimate of drug-likeness (QED) is 0.496. The summed E-state index contributed by atoms with van der Waals surface area (Å²) in [5, 5.41) is 23.2. The molecule has 0 saturated carbocycles. The highest BCUT2D eigenvalue weighted by Crippen LogP contribution is 2.41. The molecule has 0 spiro atoms. The lowest BCUT2D eigenvalue weighted by molar-refractivity contribution is 0.423. The van der Waals surface area contributed by atoms with Crippen molar-refractivity contribution in [3.8, 4) is 11.5 Å². The molecule has 0 aliphatic rings. The molecule has 0 aliphatic carbocycles. The van der Waals surface area contributed by atoms with Gasteiger partial charge in [-0.05, 0) is 39.8 Å². The first-order chi connectivity index (χ1) is 13.0. The van der Waals surface area contributed by atoms with Crippen LogP contribution in [0.25, 0.3) is 10.8 Å². The predicted molar refractivity (Wildman–Crippen MR) is 118 cm³/mol. The van der Waals surface area contributed by atoms with Gasteiger partial charge in [-0.1, -0.05) is 71.9 Å². The minimum Gasteiger partial charge on any atom is -0.507 e. The first-order valence-corrected chi connectivity index (χ1v) is 9.61. The third-order valence-electron chi connectivity index (χ3n) is 5.00. The van der Waals surface area contributed by atoms with E-state index >= 15 is 0 Å². The molecular formula is C25H29NO2. The van der Waals surface area contributed by atoms with Gasteiger partial charge in [0.1, 0.15) is 11.5 Å². The Bertz CT molecular complexity index is 1020. The van der Waals surface area contributed by atoms with Crippen molar-refractivity contribution in [3.05, 3.63) is 65.2 Å². The summed E-state index contributed by atoms with van der Waals surface area (Å²) in [6.45, 7) is 12.5. The van der Waals surface area contributed by atoms with Crippen LogP contribution in [0.2, 0.25) is 0 Å². The number of nitrogens with zero attached hydrogens (tertiary/aromatic N) is 1. The standard InChI is InChI=1S/C25H29NO2/c1-24(2,3)20-13-17(14-21(23(20)28)25(4,5)6)26-15-19-18-10-8-7-9-16(18)11-12-22(19)27/h7-15,27-28H,1-6H3. The minimum atomic E-state index is -0.211. The fourth-order valence-corrected chi connectivity index (χ4v) is 3.40. The molecule has 3 aromatic rings. The molecule has 28 heavy (non-hydrogen) atoms. The molecule has 0 saturated heterocycles. The van der Waals surface area contributed by atoms with E-state index in [1.165, 1.54) is 0 Å². The van der Waals surface area contributed by atoms with Crippen molar-refractivity contribution in [2.75, 3.05) is 0 Å². The van der Waals surface area contributed by atoms with Crippen LogP contribution in [0.5, 0.6) is 11.5 Å². The molecule has 0 atom stereocenters. The number of aliphatic imine (C=N–C) groups is 1. The second-order valence-electron chi connectivity index (χ2n) is 9.37. The molecule has 3 heteroatoms. The molecule has 0 radical (unpaired) electrons. The zero-order valence-corrected chi connectivity index (χ0v) is 17.5. The van der Waals surface area contributed by atoms with E-state index in [0.717, 1.165) is 27.6 Å². The summed E-state index contributed by atoms with van der Waals surface area (Å²) in [7, 11) is 0. The molecule has 0 amide bonds. The highest BCUT2D eigenvalue weighted by molar-refractivity contribution is 6.03. The normalized spacial score (nSPS) is 12.8. The Labute approximate surface area is 167 Å². The molecule has 0 fully saturated rings. The molecular weight excluding hydrogens is 346 g/mol. The second-order valence-corrected chi connectivity index (χ2v) is 9.37. The van der Waals surface area contributed by atoms with E-state index in [0.29, 0.717) is 11.3 Å². The van der Waals surface area contributed by atoms with Crippen LogP contribution in [0, 0.1) is 0 Å². The van der Waals surface area contributed by atoms with Crippen molar-refractivity contribution in [1.29, 1.82) is 0 Å². The Morgan fingerprint density at radius 2 is 1.36 bits per heavy atom. The summed E-state index contributed by atoms with van der Waals surface area (Å²) in [6, 6.07) is 15.4. The van der Waals surface area contributed by atoms with Crippen molar-refractivity contribution >= 4 is 22.7 Å². The third kappa shape index (κ3) is 3.89. The van der Waals surface area contributed by atoms with E-state index in [1.807, 2.05) is 42.5 Å². The van der Waals surface area contributed by atoms with Gasteiger partial charge in [-0.25, -0.2) is 0 Å². The highest BCUT2D eigenvalue weighted by atomic mass is 16.3. The summed E-state index contributed by atoms with van der Waals surface area (Å²) >= 11 is 0. The molecule has 3 rings (SSSR count). The van der Waals surface area contributed by atoms with Gasteiger partial charge in [0.15, 0.2) is 0 Å². The first-order valence-electron chi connectivity index (χ1n) is 9.61. The van der Waals surface area contributed by atoms with Crippen LogP contribution in [0.3, 0.4) is 0 Å². The highest BCUT2D eigenvalue weighted by Gasteiger charge is 2.26. The summed E-state index contributed by atoms with van der Waals surface area (Å²) in [5.41, 5.74) is 2.78. The molecule has 2 N–H and O–H groups in total. The van der Waals surface area contributed by atoms with Gasteiger partial charge < -0.3 is 10.2 Å². The van der Waals surface area contributed by atoms with Crippen LogP contribution in [-0.4, -0.2) is 16.4 Å². The second kappa shape index (κ2) is 6.97. The topological polar surface area (TPSA) is 52.8 Å². The van der Waals surface area contributed by atoms with Crippen LogP contribution in [0.15, 0.2) is 53.5 Å². The van der Waals surface area contributed by atoms with Gasteiger partial charge in [0, 0.05) is 22.9 Å². The van der Waals surface area contributed by atoms with Crippen molar-refractivity contribution in [3.63, 3.8) is 0 Å². The van der Waals surface area contributed by atoms with Crippen LogP contribution in [0.4, 0.5) is 5.69 Å². The molecule has 0 bridgehead atoms. The fourth-order valence-electron chi connectivity index (χ4n) is 3.40. The maximum Gasteiger partial charge on any atom is 0.124 e. The third-order valence-corrected chi connectivity index (χ3v) is 5.00. The van der Waals surface area contributed by atoms with Crippen molar-refractivity contribution in [2.45, 2.75) is 52.4 Å². The number of hydrogen-bond acceptors (Lipinski definition) is 3. The van der Waals surface area contributed by atoms with Crippen molar-refractivity contribution in [1.82, 2.24) is 0 Å². The number of rotatable bonds is 2. The van der Waals surface area contributed by atoms with Crippen molar-refractivity contribution in [2.24, 2.45) is 4.99 Å². The predicted octanol–water partition coefficient (Wildman–Crippen LogP) is 6.60. The van der Waals surface area contributed by atoms with Gasteiger partial charge in [-0.2, -0.15) is 0 Å². The first kappa shape index (κ1) is 19.9. The fraction of sp³-hybridized carbons (Fsp3) is 0.320. The van der Waals surface area contributed by atoms with E-state index in [2.05, 4.69) is 46.5 Å². The average molecular weight is 376 g/mol. The Kier molecular flexibility index (Phi) is 4.97. The van der Waals surface area contributed by atoms with Crippen LogP contribution in [0.1, 0.15) is 58.2 Å². The Morgan fingerprint density at radius 3 is 1.93 bits per heavy atom. The Balaban J connectivity index is 2.17. The molecule has 0 heterocycles. The average Bonchev–Trinajstić information content (AvgIpc) is 2.60. The summed E-state index contributed by atoms with van der Waals surface area (Å²) in [5.74, 6) is 0.542. The van der Waals surface area contributed by atoms with E-state index in [-0.39, 0.29) is 16.6 Å². The smallest absolute Gasteiger partial charge is 0.124 e. The lowest BCUT2D eigenvalue weighted by Crippen LogP contribution is -2.16. The van der Waals surface area contributed by atoms with Crippen LogP contribution in [-0.2, 0) is 10.8 Å². The summed E-state index contributed by atoms with van der Waals surface area (Å²) in [6.07, 6.45) is 1.71. The molecule has 0 aliphatic heterocycles. The van der Waals surface area contributed by atoms with Crippen LogP contribution >= 0.6 is 0 Å². The zero-order valence-electron chi connectivity index (χ0n) is 17.5. The van der Waals surface area contributed by atoms with Gasteiger partial charge in [-0.15, -0.1) is 0 Å². The summed E-state index contributed by atoms with van der Waals surface area (Å²) in [4.78, 5) is 4.68.